The van der Waals surface area contributed by atoms with Crippen molar-refractivity contribution in [2.45, 2.75) is 4.90 Å². The molecule has 1 nitrogen and oxygen atoms in total. The number of rotatable bonds is 2. The van der Waals surface area contributed by atoms with E-state index in [0.717, 1.165) is 10.5 Å². The first-order valence-corrected chi connectivity index (χ1v) is 7.72. The van der Waals surface area contributed by atoms with Gasteiger partial charge < -0.3 is 0 Å². The molecule has 1 atom stereocenters. The Hall–Kier alpha value is -1.93. The Kier molecular flexibility index (Phi) is 3.18. The van der Waals surface area contributed by atoms with Crippen molar-refractivity contribution in [3.05, 3.63) is 71.3 Å². The van der Waals surface area contributed by atoms with Crippen molar-refractivity contribution in [1.82, 2.24) is 0 Å². The van der Waals surface area contributed by atoms with Gasteiger partial charge in [0.25, 0.3) is 0 Å². The summed E-state index contributed by atoms with van der Waals surface area (Å²) in [5.41, 5.74) is 4.89. The third-order valence-electron chi connectivity index (χ3n) is 3.25. The van der Waals surface area contributed by atoms with E-state index in [9.17, 15) is 4.21 Å². The fraction of sp³-hybridized carbons (Fsp3) is 0.0588. The highest BCUT2D eigenvalue weighted by molar-refractivity contribution is 7.84. The number of benzene rings is 2. The average molecular weight is 266 g/mol. The first-order valence-electron chi connectivity index (χ1n) is 6.17. The predicted molar refractivity (Wildman–Crippen MR) is 82.1 cm³/mol. The van der Waals surface area contributed by atoms with E-state index in [0.29, 0.717) is 0 Å². The number of allylic oxidation sites excluding steroid dienone is 2. The lowest BCUT2D eigenvalue weighted by Gasteiger charge is -2.02. The molecule has 94 valence electrons. The molecule has 0 N–H and O–H groups in total. The number of hydrogen-bond acceptors (Lipinski definition) is 1. The van der Waals surface area contributed by atoms with E-state index in [1.807, 2.05) is 24.3 Å². The molecule has 19 heavy (non-hydrogen) atoms. The summed E-state index contributed by atoms with van der Waals surface area (Å²) in [5, 5.41) is 0. The molecule has 0 unspecified atom stereocenters. The van der Waals surface area contributed by atoms with Gasteiger partial charge in [-0.1, -0.05) is 48.6 Å². The topological polar surface area (TPSA) is 17.1 Å². The molecule has 0 bridgehead atoms. The molecular weight excluding hydrogens is 252 g/mol. The number of hydrogen-bond donors (Lipinski definition) is 0. The molecule has 0 saturated carbocycles. The maximum Gasteiger partial charge on any atom is 0.0498 e. The SMILES string of the molecule is C[S@@](=O)c1ccc(/C=C2/C=Cc3ccccc32)cc1. The molecule has 0 fully saturated rings. The Labute approximate surface area is 115 Å². The highest BCUT2D eigenvalue weighted by Crippen LogP contribution is 2.30. The Morgan fingerprint density at radius 1 is 0.947 bits per heavy atom. The Morgan fingerprint density at radius 3 is 2.42 bits per heavy atom. The minimum atomic E-state index is -0.912. The second-order valence-electron chi connectivity index (χ2n) is 4.54. The van der Waals surface area contributed by atoms with Gasteiger partial charge in [-0.3, -0.25) is 4.21 Å². The molecule has 0 saturated heterocycles. The lowest BCUT2D eigenvalue weighted by Crippen LogP contribution is -1.86. The summed E-state index contributed by atoms with van der Waals surface area (Å²) in [5.74, 6) is 0. The standard InChI is InChI=1S/C17H14OS/c1-19(18)16-10-6-13(7-11-16)12-15-9-8-14-4-2-3-5-17(14)15/h2-12H,1H3/b15-12-/t19-/m1/s1. The van der Waals surface area contributed by atoms with Gasteiger partial charge in [0.1, 0.15) is 0 Å². The lowest BCUT2D eigenvalue weighted by atomic mass is 10.0. The van der Waals surface area contributed by atoms with Crippen LogP contribution in [0.1, 0.15) is 16.7 Å². The van der Waals surface area contributed by atoms with Gasteiger partial charge in [0.2, 0.25) is 0 Å². The third kappa shape index (κ3) is 2.45. The van der Waals surface area contributed by atoms with Gasteiger partial charge in [-0.2, -0.15) is 0 Å². The summed E-state index contributed by atoms with van der Waals surface area (Å²) < 4.78 is 11.3. The summed E-state index contributed by atoms with van der Waals surface area (Å²) in [4.78, 5) is 0.865. The van der Waals surface area contributed by atoms with E-state index in [1.165, 1.54) is 16.7 Å². The molecule has 0 spiro atoms. The smallest absolute Gasteiger partial charge is 0.0498 e. The Bertz CT molecular complexity index is 693. The van der Waals surface area contributed by atoms with Crippen molar-refractivity contribution in [2.24, 2.45) is 0 Å². The van der Waals surface area contributed by atoms with Gasteiger partial charge in [-0.15, -0.1) is 0 Å². The van der Waals surface area contributed by atoms with Crippen LogP contribution < -0.4 is 0 Å². The quantitative estimate of drug-likeness (QED) is 0.803. The predicted octanol–water partition coefficient (Wildman–Crippen LogP) is 3.99. The molecule has 0 radical (unpaired) electrons. The van der Waals surface area contributed by atoms with Gasteiger partial charge in [0.15, 0.2) is 0 Å². The number of fused-ring (bicyclic) bond motifs is 1. The van der Waals surface area contributed by atoms with E-state index in [-0.39, 0.29) is 0 Å². The van der Waals surface area contributed by atoms with Crippen LogP contribution in [-0.2, 0) is 10.8 Å². The highest BCUT2D eigenvalue weighted by atomic mass is 32.2. The zero-order valence-corrected chi connectivity index (χ0v) is 11.5. The monoisotopic (exact) mass is 266 g/mol. The molecule has 2 aromatic carbocycles. The van der Waals surface area contributed by atoms with Crippen LogP contribution in [0, 0.1) is 0 Å². The van der Waals surface area contributed by atoms with Crippen LogP contribution in [0.3, 0.4) is 0 Å². The summed E-state index contributed by atoms with van der Waals surface area (Å²) in [6.07, 6.45) is 8.13. The molecule has 3 rings (SSSR count). The van der Waals surface area contributed by atoms with E-state index in [4.69, 9.17) is 0 Å². The van der Waals surface area contributed by atoms with E-state index in [2.05, 4.69) is 42.5 Å². The van der Waals surface area contributed by atoms with Crippen molar-refractivity contribution in [3.63, 3.8) is 0 Å². The maximum atomic E-state index is 11.3. The third-order valence-corrected chi connectivity index (χ3v) is 4.18. The van der Waals surface area contributed by atoms with Crippen LogP contribution >= 0.6 is 0 Å². The Balaban J connectivity index is 1.95. The molecule has 1 aliphatic carbocycles. The highest BCUT2D eigenvalue weighted by Gasteiger charge is 2.08. The molecule has 0 heterocycles. The normalized spacial score (nSPS) is 16.6. The zero-order valence-electron chi connectivity index (χ0n) is 10.7. The van der Waals surface area contributed by atoms with E-state index in [1.54, 1.807) is 6.26 Å². The lowest BCUT2D eigenvalue weighted by molar-refractivity contribution is 0.687. The van der Waals surface area contributed by atoms with Gasteiger partial charge in [-0.05, 0) is 40.5 Å². The summed E-state index contributed by atoms with van der Waals surface area (Å²) in [6, 6.07) is 16.2. The van der Waals surface area contributed by atoms with Crippen molar-refractivity contribution < 1.29 is 4.21 Å². The first-order chi connectivity index (χ1) is 9.24. The van der Waals surface area contributed by atoms with Crippen LogP contribution in [0.15, 0.2) is 59.5 Å². The fourth-order valence-corrected chi connectivity index (χ4v) is 2.76. The molecule has 0 aliphatic heterocycles. The van der Waals surface area contributed by atoms with Crippen LogP contribution in [0.25, 0.3) is 17.7 Å². The van der Waals surface area contributed by atoms with Crippen LogP contribution in [0.2, 0.25) is 0 Å². The minimum absolute atomic E-state index is 0.865. The summed E-state index contributed by atoms with van der Waals surface area (Å²) >= 11 is 0. The largest absolute Gasteiger partial charge is 0.255 e. The van der Waals surface area contributed by atoms with Crippen molar-refractivity contribution in [3.8, 4) is 0 Å². The van der Waals surface area contributed by atoms with Crippen LogP contribution in [0.4, 0.5) is 0 Å². The first kappa shape index (κ1) is 12.1. The van der Waals surface area contributed by atoms with Gasteiger partial charge in [0, 0.05) is 22.0 Å². The second kappa shape index (κ2) is 4.98. The molecule has 0 amide bonds. The van der Waals surface area contributed by atoms with Crippen LogP contribution in [-0.4, -0.2) is 10.5 Å². The average Bonchev–Trinajstić information content (AvgIpc) is 2.83. The summed E-state index contributed by atoms with van der Waals surface area (Å²) in [7, 11) is -0.912. The molecule has 0 aromatic heterocycles. The molecule has 1 aliphatic rings. The second-order valence-corrected chi connectivity index (χ2v) is 5.92. The zero-order chi connectivity index (χ0) is 13.2. The van der Waals surface area contributed by atoms with E-state index < -0.39 is 10.8 Å². The van der Waals surface area contributed by atoms with Crippen molar-refractivity contribution in [1.29, 1.82) is 0 Å². The van der Waals surface area contributed by atoms with Crippen molar-refractivity contribution in [2.75, 3.05) is 6.26 Å². The van der Waals surface area contributed by atoms with E-state index >= 15 is 0 Å². The minimum Gasteiger partial charge on any atom is -0.255 e. The van der Waals surface area contributed by atoms with Gasteiger partial charge >= 0.3 is 0 Å². The van der Waals surface area contributed by atoms with Gasteiger partial charge in [0.05, 0.1) is 0 Å². The molecular formula is C17H14OS. The fourth-order valence-electron chi connectivity index (χ4n) is 2.24. The Morgan fingerprint density at radius 2 is 1.68 bits per heavy atom. The van der Waals surface area contributed by atoms with Crippen LogP contribution in [0.5, 0.6) is 0 Å². The summed E-state index contributed by atoms with van der Waals surface area (Å²) in [6.45, 7) is 0. The van der Waals surface area contributed by atoms with Crippen molar-refractivity contribution >= 4 is 28.5 Å². The maximum absolute atomic E-state index is 11.3. The van der Waals surface area contributed by atoms with Gasteiger partial charge in [-0.25, -0.2) is 0 Å². The molecule has 2 aromatic rings. The molecule has 2 heteroatoms.